The molecule has 1 atom stereocenters. The fourth-order valence-electron chi connectivity index (χ4n) is 3.10. The molecule has 0 saturated carbocycles. The van der Waals surface area contributed by atoms with E-state index < -0.39 is 12.0 Å². The zero-order valence-corrected chi connectivity index (χ0v) is 16.0. The number of hydrogen-bond acceptors (Lipinski definition) is 4. The first-order chi connectivity index (χ1) is 13.0. The maximum Gasteiger partial charge on any atom is 0.337 e. The summed E-state index contributed by atoms with van der Waals surface area (Å²) in [5, 5.41) is 3.54. The Kier molecular flexibility index (Phi) is 5.41. The number of methoxy groups -OCH3 is 2. The van der Waals surface area contributed by atoms with Crippen molar-refractivity contribution >= 4 is 29.0 Å². The van der Waals surface area contributed by atoms with Gasteiger partial charge in [0, 0.05) is 11.4 Å². The molecule has 0 amide bonds. The summed E-state index contributed by atoms with van der Waals surface area (Å²) in [7, 11) is 2.90. The molecule has 1 aliphatic heterocycles. The van der Waals surface area contributed by atoms with Gasteiger partial charge in [0.25, 0.3) is 0 Å². The van der Waals surface area contributed by atoms with E-state index in [1.807, 2.05) is 24.3 Å². The second-order valence-corrected chi connectivity index (χ2v) is 6.35. The molecule has 0 aromatic heterocycles. The minimum absolute atomic E-state index is 0.368. The van der Waals surface area contributed by atoms with Gasteiger partial charge in [0.05, 0.1) is 25.8 Å². The summed E-state index contributed by atoms with van der Waals surface area (Å²) in [5.74, 6) is -0.183. The van der Waals surface area contributed by atoms with Gasteiger partial charge >= 0.3 is 5.97 Å². The summed E-state index contributed by atoms with van der Waals surface area (Å²) in [6.07, 6.45) is 0. The SMILES string of the molecule is COC(=O)C1=C(C)N(c2ccc(OC)cc2)C(=S)N[C@@H]1c1cccc(F)c1. The number of nitrogens with zero attached hydrogens (tertiary/aromatic N) is 1. The van der Waals surface area contributed by atoms with E-state index in [0.29, 0.717) is 27.7 Å². The molecule has 0 unspecified atom stereocenters. The molecule has 0 aliphatic carbocycles. The molecule has 2 aromatic rings. The molecule has 0 spiro atoms. The quantitative estimate of drug-likeness (QED) is 0.639. The van der Waals surface area contributed by atoms with Gasteiger partial charge in [-0.05, 0) is 61.1 Å². The minimum atomic E-state index is -0.602. The Balaban J connectivity index is 2.11. The number of halogens is 1. The fraction of sp³-hybridized carbons (Fsp3) is 0.200. The molecule has 3 rings (SSSR count). The third-order valence-electron chi connectivity index (χ3n) is 4.40. The van der Waals surface area contributed by atoms with E-state index >= 15 is 0 Å². The molecule has 1 aliphatic rings. The molecule has 140 valence electrons. The molecule has 5 nitrogen and oxygen atoms in total. The highest BCUT2D eigenvalue weighted by Gasteiger charge is 2.35. The minimum Gasteiger partial charge on any atom is -0.497 e. The van der Waals surface area contributed by atoms with Crippen molar-refractivity contribution in [3.05, 3.63) is 71.2 Å². The molecular weight excluding hydrogens is 367 g/mol. The van der Waals surface area contributed by atoms with Crippen LogP contribution in [0.2, 0.25) is 0 Å². The number of allylic oxidation sites excluding steroid dienone is 1. The highest BCUT2D eigenvalue weighted by molar-refractivity contribution is 7.80. The van der Waals surface area contributed by atoms with Crippen molar-refractivity contribution in [3.8, 4) is 5.75 Å². The largest absolute Gasteiger partial charge is 0.497 e. The molecule has 0 radical (unpaired) electrons. The van der Waals surface area contributed by atoms with Crippen LogP contribution in [0, 0.1) is 5.82 Å². The van der Waals surface area contributed by atoms with Gasteiger partial charge in [-0.2, -0.15) is 0 Å². The van der Waals surface area contributed by atoms with Crippen LogP contribution in [0.5, 0.6) is 5.75 Å². The molecular formula is C20H19FN2O3S. The normalized spacial score (nSPS) is 16.8. The second-order valence-electron chi connectivity index (χ2n) is 5.96. The number of carbonyl (C=O) groups is 1. The molecule has 7 heteroatoms. The predicted molar refractivity (Wildman–Crippen MR) is 105 cm³/mol. The second kappa shape index (κ2) is 7.75. The Labute approximate surface area is 162 Å². The van der Waals surface area contributed by atoms with Gasteiger partial charge in [-0.15, -0.1) is 0 Å². The number of ether oxygens (including phenoxy) is 2. The lowest BCUT2D eigenvalue weighted by Crippen LogP contribution is -2.48. The van der Waals surface area contributed by atoms with E-state index in [2.05, 4.69) is 5.32 Å². The van der Waals surface area contributed by atoms with Crippen molar-refractivity contribution in [3.63, 3.8) is 0 Å². The monoisotopic (exact) mass is 386 g/mol. The lowest BCUT2D eigenvalue weighted by molar-refractivity contribution is -0.136. The van der Waals surface area contributed by atoms with E-state index in [0.717, 1.165) is 5.69 Å². The van der Waals surface area contributed by atoms with Crippen molar-refractivity contribution in [2.75, 3.05) is 19.1 Å². The number of hydrogen-bond donors (Lipinski definition) is 1. The maximum absolute atomic E-state index is 13.7. The van der Waals surface area contributed by atoms with Gasteiger partial charge in [0.1, 0.15) is 11.6 Å². The maximum atomic E-state index is 13.7. The molecule has 27 heavy (non-hydrogen) atoms. The van der Waals surface area contributed by atoms with Crippen molar-refractivity contribution in [1.82, 2.24) is 5.32 Å². The first kappa shape index (κ1) is 18.8. The van der Waals surface area contributed by atoms with Crippen LogP contribution in [0.15, 0.2) is 59.8 Å². The van der Waals surface area contributed by atoms with Crippen LogP contribution in [0.4, 0.5) is 10.1 Å². The van der Waals surface area contributed by atoms with Crippen molar-refractivity contribution in [2.45, 2.75) is 13.0 Å². The van der Waals surface area contributed by atoms with Crippen LogP contribution < -0.4 is 15.0 Å². The highest BCUT2D eigenvalue weighted by Crippen LogP contribution is 2.34. The predicted octanol–water partition coefficient (Wildman–Crippen LogP) is 3.72. The standard InChI is InChI=1S/C20H19FN2O3S/c1-12-17(19(24)26-3)18(13-5-4-6-14(21)11-13)22-20(27)23(12)15-7-9-16(25-2)10-8-15/h4-11,18H,1-3H3,(H,22,27)/t18-/m1/s1. The van der Waals surface area contributed by atoms with Crippen LogP contribution in [0.25, 0.3) is 0 Å². The van der Waals surface area contributed by atoms with Crippen LogP contribution in [0.1, 0.15) is 18.5 Å². The van der Waals surface area contributed by atoms with Crippen LogP contribution in [-0.2, 0) is 9.53 Å². The number of nitrogens with one attached hydrogen (secondary N) is 1. The van der Waals surface area contributed by atoms with Gasteiger partial charge in [-0.3, -0.25) is 4.90 Å². The molecule has 0 saturated heterocycles. The number of thiocarbonyl (C=S) groups is 1. The Morgan fingerprint density at radius 3 is 2.48 bits per heavy atom. The van der Waals surface area contributed by atoms with Crippen LogP contribution in [-0.4, -0.2) is 25.3 Å². The summed E-state index contributed by atoms with van der Waals surface area (Å²) in [5.41, 5.74) is 2.34. The number of rotatable bonds is 4. The van der Waals surface area contributed by atoms with Crippen molar-refractivity contribution < 1.29 is 18.7 Å². The third kappa shape index (κ3) is 3.64. The number of carbonyl (C=O) groups excluding carboxylic acids is 1. The Bertz CT molecular complexity index is 912. The van der Waals surface area contributed by atoms with E-state index in [9.17, 15) is 9.18 Å². The summed E-state index contributed by atoms with van der Waals surface area (Å²) in [6.45, 7) is 1.79. The van der Waals surface area contributed by atoms with E-state index in [4.69, 9.17) is 21.7 Å². The first-order valence-corrected chi connectivity index (χ1v) is 8.66. The zero-order valence-electron chi connectivity index (χ0n) is 15.2. The topological polar surface area (TPSA) is 50.8 Å². The summed E-state index contributed by atoms with van der Waals surface area (Å²) in [4.78, 5) is 14.3. The molecule has 0 fully saturated rings. The molecule has 2 aromatic carbocycles. The summed E-state index contributed by atoms with van der Waals surface area (Å²) in [6, 6.07) is 12.8. The van der Waals surface area contributed by atoms with Crippen molar-refractivity contribution in [1.29, 1.82) is 0 Å². The Morgan fingerprint density at radius 2 is 1.89 bits per heavy atom. The van der Waals surface area contributed by atoms with Gasteiger partial charge in [-0.25, -0.2) is 9.18 Å². The zero-order chi connectivity index (χ0) is 19.6. The van der Waals surface area contributed by atoms with Gasteiger partial charge in [-0.1, -0.05) is 12.1 Å². The molecule has 1 heterocycles. The summed E-state index contributed by atoms with van der Waals surface area (Å²) >= 11 is 5.54. The van der Waals surface area contributed by atoms with Gasteiger partial charge < -0.3 is 14.8 Å². The highest BCUT2D eigenvalue weighted by atomic mass is 32.1. The smallest absolute Gasteiger partial charge is 0.337 e. The van der Waals surface area contributed by atoms with Gasteiger partial charge in [0.15, 0.2) is 5.11 Å². The summed E-state index contributed by atoms with van der Waals surface area (Å²) < 4.78 is 23.9. The average Bonchev–Trinajstić information content (AvgIpc) is 2.67. The number of esters is 1. The van der Waals surface area contributed by atoms with E-state index in [1.165, 1.54) is 19.2 Å². The Morgan fingerprint density at radius 1 is 1.19 bits per heavy atom. The van der Waals surface area contributed by atoms with E-state index in [1.54, 1.807) is 31.1 Å². The Hall–Kier alpha value is -2.93. The van der Waals surface area contributed by atoms with Crippen LogP contribution >= 0.6 is 12.2 Å². The van der Waals surface area contributed by atoms with E-state index in [-0.39, 0.29) is 5.82 Å². The fourth-order valence-corrected chi connectivity index (χ4v) is 3.46. The van der Waals surface area contributed by atoms with Gasteiger partial charge in [0.2, 0.25) is 0 Å². The molecule has 0 bridgehead atoms. The number of benzene rings is 2. The molecule has 1 N–H and O–H groups in total. The number of anilines is 1. The van der Waals surface area contributed by atoms with Crippen LogP contribution in [0.3, 0.4) is 0 Å². The van der Waals surface area contributed by atoms with Crippen molar-refractivity contribution in [2.24, 2.45) is 0 Å². The lowest BCUT2D eigenvalue weighted by Gasteiger charge is -2.37. The average molecular weight is 386 g/mol. The lowest BCUT2D eigenvalue weighted by atomic mass is 9.94. The first-order valence-electron chi connectivity index (χ1n) is 8.25. The third-order valence-corrected chi connectivity index (χ3v) is 4.70.